The second-order valence-electron chi connectivity index (χ2n) is 6.85. The zero-order valence-corrected chi connectivity index (χ0v) is 20.8. The number of aromatic hydroxyl groups is 1. The molecule has 0 atom stereocenters. The first kappa shape index (κ1) is 25.7. The Balaban J connectivity index is 2.08. The number of carbonyl (C=O) groups is 1. The lowest BCUT2D eigenvalue weighted by atomic mass is 10.0. The van der Waals surface area contributed by atoms with Crippen LogP contribution in [0.3, 0.4) is 0 Å². The van der Waals surface area contributed by atoms with Crippen molar-refractivity contribution < 1.29 is 32.9 Å². The molecule has 4 N–H and O–H groups in total. The fraction of sp³-hybridized carbons (Fsp3) is 0.182. The van der Waals surface area contributed by atoms with Crippen LogP contribution in [0.15, 0.2) is 67.5 Å². The molecule has 0 saturated heterocycles. The summed E-state index contributed by atoms with van der Waals surface area (Å²) in [6.07, 6.45) is -0.542. The van der Waals surface area contributed by atoms with Gasteiger partial charge in [0.05, 0.1) is 24.4 Å². The fourth-order valence-electron chi connectivity index (χ4n) is 3.21. The number of sulfone groups is 1. The number of amidine groups is 1. The van der Waals surface area contributed by atoms with Gasteiger partial charge in [0, 0.05) is 14.2 Å². The van der Waals surface area contributed by atoms with Gasteiger partial charge < -0.3 is 25.4 Å². The predicted molar refractivity (Wildman–Crippen MR) is 131 cm³/mol. The van der Waals surface area contributed by atoms with E-state index in [0.29, 0.717) is 20.9 Å². The van der Waals surface area contributed by atoms with E-state index < -0.39 is 22.2 Å². The van der Waals surface area contributed by atoms with Crippen molar-refractivity contribution in [1.82, 2.24) is 0 Å². The van der Waals surface area contributed by atoms with E-state index in [4.69, 9.17) is 20.3 Å². The van der Waals surface area contributed by atoms with Gasteiger partial charge in [-0.3, -0.25) is 0 Å². The van der Waals surface area contributed by atoms with Crippen LogP contribution in [0.4, 0.5) is 4.79 Å². The highest BCUT2D eigenvalue weighted by atomic mass is 32.2. The van der Waals surface area contributed by atoms with Gasteiger partial charge in [-0.15, -0.1) is 23.1 Å². The number of ether oxygens (including phenoxy) is 2. The number of methoxy groups -OCH3 is 2. The standard InChI is InChI=1S/C22H22N2O7S3/c1-30-20(31-2)15-10-13(7-8-16(15)25)12-5-4-6-14(9-12)34(28,29)18-11-17(33-21(18)32-3)19(23)24-22(26)27/h4-11,20,25H,1-3H3,(H2,23,24)(H,26,27). The van der Waals surface area contributed by atoms with Crippen molar-refractivity contribution in [2.45, 2.75) is 20.3 Å². The fourth-order valence-corrected chi connectivity index (χ4v) is 7.16. The van der Waals surface area contributed by atoms with Crippen molar-refractivity contribution in [2.24, 2.45) is 10.7 Å². The van der Waals surface area contributed by atoms with Crippen LogP contribution in [0.25, 0.3) is 11.1 Å². The average molecular weight is 523 g/mol. The van der Waals surface area contributed by atoms with Gasteiger partial charge in [-0.25, -0.2) is 13.2 Å². The lowest BCUT2D eigenvalue weighted by molar-refractivity contribution is -0.106. The van der Waals surface area contributed by atoms with Crippen molar-refractivity contribution in [2.75, 3.05) is 20.5 Å². The van der Waals surface area contributed by atoms with Crippen molar-refractivity contribution in [1.29, 1.82) is 0 Å². The molecule has 0 fully saturated rings. The molecule has 12 heteroatoms. The van der Waals surface area contributed by atoms with Crippen LogP contribution in [0, 0.1) is 0 Å². The molecule has 1 heterocycles. The van der Waals surface area contributed by atoms with Crippen LogP contribution in [0.2, 0.25) is 0 Å². The van der Waals surface area contributed by atoms with Crippen LogP contribution in [0.5, 0.6) is 5.75 Å². The molecule has 0 unspecified atom stereocenters. The maximum atomic E-state index is 13.5. The number of benzene rings is 2. The summed E-state index contributed by atoms with van der Waals surface area (Å²) in [5, 5.41) is 19.0. The molecule has 2 aromatic carbocycles. The number of rotatable bonds is 8. The SMILES string of the molecule is COC(OC)c1cc(-c2cccc(S(=O)(=O)c3cc(/C(N)=N\C(=O)O)sc3SC)c2)ccc1O. The smallest absolute Gasteiger partial charge is 0.433 e. The normalized spacial score (nSPS) is 12.3. The predicted octanol–water partition coefficient (Wildman–Crippen LogP) is 4.35. The first-order valence-corrected chi connectivity index (χ1v) is 13.1. The molecule has 1 amide bonds. The molecule has 0 saturated carbocycles. The van der Waals surface area contributed by atoms with Crippen LogP contribution in [-0.4, -0.2) is 51.0 Å². The number of thiophene rings is 1. The Kier molecular flexibility index (Phi) is 8.00. The highest BCUT2D eigenvalue weighted by molar-refractivity contribution is 8.01. The number of phenolic OH excluding ortho intramolecular Hbond substituents is 1. The van der Waals surface area contributed by atoms with Crippen molar-refractivity contribution in [3.63, 3.8) is 0 Å². The molecular formula is C22H22N2O7S3. The van der Waals surface area contributed by atoms with E-state index in [0.717, 1.165) is 11.3 Å². The third-order valence-corrected chi connectivity index (χ3v) is 9.12. The zero-order valence-electron chi connectivity index (χ0n) is 18.4. The molecule has 0 radical (unpaired) electrons. The van der Waals surface area contributed by atoms with E-state index in [9.17, 15) is 18.3 Å². The molecule has 0 aliphatic carbocycles. The van der Waals surface area contributed by atoms with Gasteiger partial charge in [-0.1, -0.05) is 18.2 Å². The minimum absolute atomic E-state index is 0.0164. The Hall–Kier alpha value is -2.90. The Labute approximate surface area is 204 Å². The third-order valence-electron chi connectivity index (χ3n) is 4.80. The number of amides is 1. The number of hydrogen-bond acceptors (Lipinski definition) is 8. The molecule has 1 aromatic heterocycles. The number of nitrogens with zero attached hydrogens (tertiary/aromatic N) is 1. The molecule has 0 bridgehead atoms. The third kappa shape index (κ3) is 5.26. The Bertz CT molecular complexity index is 1350. The van der Waals surface area contributed by atoms with Gasteiger partial charge in [0.25, 0.3) is 0 Å². The number of aliphatic imine (C=N–C) groups is 1. The molecule has 180 valence electrons. The quantitative estimate of drug-likeness (QED) is 0.170. The second-order valence-corrected chi connectivity index (χ2v) is 10.9. The molecule has 0 spiro atoms. The van der Waals surface area contributed by atoms with Crippen LogP contribution >= 0.6 is 23.1 Å². The maximum absolute atomic E-state index is 13.5. The summed E-state index contributed by atoms with van der Waals surface area (Å²) < 4.78 is 37.9. The number of thioether (sulfide) groups is 1. The van der Waals surface area contributed by atoms with Crippen LogP contribution < -0.4 is 5.73 Å². The topological polar surface area (TPSA) is 149 Å². The molecule has 34 heavy (non-hydrogen) atoms. The summed E-state index contributed by atoms with van der Waals surface area (Å²) in [5.74, 6) is -0.289. The summed E-state index contributed by atoms with van der Waals surface area (Å²) >= 11 is 2.26. The molecule has 3 rings (SSSR count). The minimum atomic E-state index is -3.96. The highest BCUT2D eigenvalue weighted by Gasteiger charge is 2.26. The van der Waals surface area contributed by atoms with Gasteiger partial charge in [-0.05, 0) is 47.7 Å². The van der Waals surface area contributed by atoms with E-state index >= 15 is 0 Å². The second kappa shape index (κ2) is 10.6. The zero-order chi connectivity index (χ0) is 25.0. The monoisotopic (exact) mass is 522 g/mol. The summed E-state index contributed by atoms with van der Waals surface area (Å²) in [6, 6.07) is 12.5. The number of hydrogen-bond donors (Lipinski definition) is 3. The summed E-state index contributed by atoms with van der Waals surface area (Å²) in [6.45, 7) is 0. The maximum Gasteiger partial charge on any atom is 0.433 e. The summed E-state index contributed by atoms with van der Waals surface area (Å²) in [4.78, 5) is 14.4. The molecule has 0 aliphatic rings. The number of phenols is 1. The molecular weight excluding hydrogens is 500 g/mol. The van der Waals surface area contributed by atoms with Crippen LogP contribution in [0.1, 0.15) is 16.7 Å². The Morgan fingerprint density at radius 3 is 2.41 bits per heavy atom. The van der Waals surface area contributed by atoms with Gasteiger partial charge in [0.15, 0.2) is 6.29 Å². The molecule has 9 nitrogen and oxygen atoms in total. The number of nitrogens with two attached hydrogens (primary N) is 1. The highest BCUT2D eigenvalue weighted by Crippen LogP contribution is 2.38. The summed E-state index contributed by atoms with van der Waals surface area (Å²) in [7, 11) is -1.08. The van der Waals surface area contributed by atoms with Crippen molar-refractivity contribution >= 4 is 44.9 Å². The van der Waals surface area contributed by atoms with Gasteiger partial charge in [0.1, 0.15) is 11.6 Å². The van der Waals surface area contributed by atoms with Gasteiger partial charge in [0.2, 0.25) is 9.84 Å². The van der Waals surface area contributed by atoms with E-state index in [2.05, 4.69) is 4.99 Å². The Morgan fingerprint density at radius 2 is 1.79 bits per heavy atom. The average Bonchev–Trinajstić information content (AvgIpc) is 3.26. The largest absolute Gasteiger partial charge is 0.507 e. The van der Waals surface area contributed by atoms with E-state index in [-0.39, 0.29) is 26.3 Å². The summed E-state index contributed by atoms with van der Waals surface area (Å²) in [5.41, 5.74) is 7.37. The first-order valence-electron chi connectivity index (χ1n) is 9.61. The van der Waals surface area contributed by atoms with Crippen LogP contribution in [-0.2, 0) is 19.3 Å². The minimum Gasteiger partial charge on any atom is -0.507 e. The van der Waals surface area contributed by atoms with E-state index in [1.807, 2.05) is 0 Å². The van der Waals surface area contributed by atoms with Crippen molar-refractivity contribution in [3.05, 3.63) is 59.0 Å². The van der Waals surface area contributed by atoms with Gasteiger partial charge in [-0.2, -0.15) is 4.99 Å². The van der Waals surface area contributed by atoms with E-state index in [1.54, 1.807) is 30.5 Å². The van der Waals surface area contributed by atoms with E-state index in [1.165, 1.54) is 50.2 Å². The lowest BCUT2D eigenvalue weighted by Crippen LogP contribution is -2.13. The van der Waals surface area contributed by atoms with Crippen molar-refractivity contribution in [3.8, 4) is 16.9 Å². The lowest BCUT2D eigenvalue weighted by Gasteiger charge is -2.16. The molecule has 0 aliphatic heterocycles. The number of carboxylic acid groups (broad SMARTS) is 1. The Morgan fingerprint density at radius 1 is 1.12 bits per heavy atom. The molecule has 3 aromatic rings. The van der Waals surface area contributed by atoms with Gasteiger partial charge >= 0.3 is 6.09 Å². The first-order chi connectivity index (χ1) is 16.1.